The maximum Gasteiger partial charge on any atom is 0.171 e. The van der Waals surface area contributed by atoms with E-state index in [2.05, 4.69) is 4.98 Å². The van der Waals surface area contributed by atoms with Gasteiger partial charge in [0.25, 0.3) is 0 Å². The fourth-order valence-electron chi connectivity index (χ4n) is 1.27. The molecule has 0 aliphatic heterocycles. The van der Waals surface area contributed by atoms with Gasteiger partial charge in [-0.1, -0.05) is 17.7 Å². The van der Waals surface area contributed by atoms with E-state index in [9.17, 15) is 5.11 Å². The minimum Gasteiger partial charge on any atom is -0.504 e. The van der Waals surface area contributed by atoms with Crippen molar-refractivity contribution in [3.63, 3.8) is 0 Å². The summed E-state index contributed by atoms with van der Waals surface area (Å²) in [5.41, 5.74) is 0.993. The molecule has 0 aliphatic rings. The number of rotatable bonds is 2. The summed E-state index contributed by atoms with van der Waals surface area (Å²) < 4.78 is 5.48. The number of aromatic hydroxyl groups is 1. The summed E-state index contributed by atoms with van der Waals surface area (Å²) in [5, 5.41) is 9.87. The van der Waals surface area contributed by atoms with Crippen LogP contribution in [0.15, 0.2) is 36.5 Å². The zero-order chi connectivity index (χ0) is 11.5. The van der Waals surface area contributed by atoms with Crippen LogP contribution in [-0.2, 0) is 0 Å². The van der Waals surface area contributed by atoms with Crippen molar-refractivity contribution in [1.82, 2.24) is 4.98 Å². The molecule has 0 saturated carbocycles. The third-order valence-electron chi connectivity index (χ3n) is 2.06. The van der Waals surface area contributed by atoms with Crippen LogP contribution in [0.3, 0.4) is 0 Å². The number of ether oxygens (including phenoxy) is 1. The van der Waals surface area contributed by atoms with Gasteiger partial charge in [-0.05, 0) is 36.8 Å². The molecule has 0 amide bonds. The average Bonchev–Trinajstić information content (AvgIpc) is 2.27. The third-order valence-corrected chi connectivity index (χ3v) is 2.34. The average molecular weight is 236 g/mol. The second-order valence-corrected chi connectivity index (χ2v) is 3.72. The molecular weight excluding hydrogens is 226 g/mol. The molecule has 16 heavy (non-hydrogen) atoms. The zero-order valence-electron chi connectivity index (χ0n) is 8.64. The molecule has 3 nitrogen and oxygen atoms in total. The monoisotopic (exact) mass is 235 g/mol. The Labute approximate surface area is 98.3 Å². The molecule has 1 aromatic heterocycles. The SMILES string of the molecule is Cc1ccc(O)c(Oc2cccnc2Cl)c1. The summed E-state index contributed by atoms with van der Waals surface area (Å²) >= 11 is 5.85. The van der Waals surface area contributed by atoms with E-state index in [0.717, 1.165) is 5.56 Å². The molecule has 0 aliphatic carbocycles. The van der Waals surface area contributed by atoms with Crippen molar-refractivity contribution in [3.8, 4) is 17.2 Å². The highest BCUT2D eigenvalue weighted by atomic mass is 35.5. The van der Waals surface area contributed by atoms with Crippen LogP contribution in [-0.4, -0.2) is 10.1 Å². The van der Waals surface area contributed by atoms with Gasteiger partial charge in [0.1, 0.15) is 0 Å². The molecule has 0 unspecified atom stereocenters. The number of aryl methyl sites for hydroxylation is 1. The Balaban J connectivity index is 2.34. The molecular formula is C12H10ClNO2. The van der Waals surface area contributed by atoms with Crippen LogP contribution in [0.4, 0.5) is 0 Å². The first-order valence-corrected chi connectivity index (χ1v) is 5.12. The Morgan fingerprint density at radius 2 is 2.06 bits per heavy atom. The van der Waals surface area contributed by atoms with Crippen LogP contribution in [0.25, 0.3) is 0 Å². The van der Waals surface area contributed by atoms with E-state index in [4.69, 9.17) is 16.3 Å². The van der Waals surface area contributed by atoms with Crippen molar-refractivity contribution in [1.29, 1.82) is 0 Å². The lowest BCUT2D eigenvalue weighted by Gasteiger charge is -2.08. The van der Waals surface area contributed by atoms with Gasteiger partial charge < -0.3 is 9.84 Å². The summed E-state index contributed by atoms with van der Waals surface area (Å²) in [4.78, 5) is 3.89. The number of hydrogen-bond donors (Lipinski definition) is 1. The van der Waals surface area contributed by atoms with Gasteiger partial charge in [-0.15, -0.1) is 0 Å². The van der Waals surface area contributed by atoms with Crippen molar-refractivity contribution in [3.05, 3.63) is 47.2 Å². The molecule has 0 atom stereocenters. The largest absolute Gasteiger partial charge is 0.504 e. The van der Waals surface area contributed by atoms with Gasteiger partial charge in [0, 0.05) is 6.20 Å². The summed E-state index contributed by atoms with van der Waals surface area (Å²) in [6.07, 6.45) is 1.57. The molecule has 0 bridgehead atoms. The lowest BCUT2D eigenvalue weighted by molar-refractivity contribution is 0.410. The number of phenols is 1. The molecule has 4 heteroatoms. The molecule has 1 aromatic carbocycles. The minimum atomic E-state index is 0.0746. The van der Waals surface area contributed by atoms with Gasteiger partial charge in [0.2, 0.25) is 0 Å². The molecule has 1 N–H and O–H groups in total. The van der Waals surface area contributed by atoms with Crippen molar-refractivity contribution < 1.29 is 9.84 Å². The molecule has 2 aromatic rings. The van der Waals surface area contributed by atoms with E-state index < -0.39 is 0 Å². The fraction of sp³-hybridized carbons (Fsp3) is 0.0833. The van der Waals surface area contributed by atoms with Crippen LogP contribution >= 0.6 is 11.6 Å². The highest BCUT2D eigenvalue weighted by Crippen LogP contribution is 2.33. The number of halogens is 1. The standard InChI is InChI=1S/C12H10ClNO2/c1-8-4-5-9(15)11(7-8)16-10-3-2-6-14-12(10)13/h2-7,15H,1H3. The number of pyridine rings is 1. The van der Waals surface area contributed by atoms with Crippen molar-refractivity contribution in [2.24, 2.45) is 0 Å². The first-order valence-electron chi connectivity index (χ1n) is 4.75. The van der Waals surface area contributed by atoms with Gasteiger partial charge in [-0.2, -0.15) is 0 Å². The first kappa shape index (κ1) is 10.8. The third kappa shape index (κ3) is 2.25. The van der Waals surface area contributed by atoms with E-state index in [1.807, 2.05) is 6.92 Å². The van der Waals surface area contributed by atoms with Gasteiger partial charge in [-0.25, -0.2) is 4.98 Å². The molecule has 2 rings (SSSR count). The Kier molecular flexibility index (Phi) is 2.97. The highest BCUT2D eigenvalue weighted by Gasteiger charge is 2.07. The Bertz CT molecular complexity index is 514. The summed E-state index contributed by atoms with van der Waals surface area (Å²) in [6, 6.07) is 8.52. The molecule has 0 radical (unpaired) electrons. The number of benzene rings is 1. The van der Waals surface area contributed by atoms with Crippen molar-refractivity contribution in [2.75, 3.05) is 0 Å². The summed E-state index contributed by atoms with van der Waals surface area (Å²) in [6.45, 7) is 1.91. The van der Waals surface area contributed by atoms with Crippen LogP contribution in [0.5, 0.6) is 17.2 Å². The predicted molar refractivity (Wildman–Crippen MR) is 62.2 cm³/mol. The van der Waals surface area contributed by atoms with Gasteiger partial charge in [-0.3, -0.25) is 0 Å². The number of nitrogens with zero attached hydrogens (tertiary/aromatic N) is 1. The number of hydrogen-bond acceptors (Lipinski definition) is 3. The quantitative estimate of drug-likeness (QED) is 0.810. The molecule has 0 fully saturated rings. The summed E-state index contributed by atoms with van der Waals surface area (Å²) in [7, 11) is 0. The van der Waals surface area contributed by atoms with E-state index in [0.29, 0.717) is 11.5 Å². The van der Waals surface area contributed by atoms with Crippen LogP contribution < -0.4 is 4.74 Å². The smallest absolute Gasteiger partial charge is 0.171 e. The Morgan fingerprint density at radius 1 is 1.25 bits per heavy atom. The Morgan fingerprint density at radius 3 is 2.81 bits per heavy atom. The fourth-order valence-corrected chi connectivity index (χ4v) is 1.43. The Hall–Kier alpha value is -1.74. The van der Waals surface area contributed by atoms with Crippen molar-refractivity contribution in [2.45, 2.75) is 6.92 Å². The second kappa shape index (κ2) is 4.41. The topological polar surface area (TPSA) is 42.4 Å². The lowest BCUT2D eigenvalue weighted by atomic mass is 10.2. The lowest BCUT2D eigenvalue weighted by Crippen LogP contribution is -1.88. The minimum absolute atomic E-state index is 0.0746. The molecule has 1 heterocycles. The summed E-state index contributed by atoms with van der Waals surface area (Å²) in [5.74, 6) is 0.866. The molecule has 0 saturated heterocycles. The molecule has 82 valence electrons. The zero-order valence-corrected chi connectivity index (χ0v) is 9.40. The normalized spacial score (nSPS) is 10.1. The van der Waals surface area contributed by atoms with Gasteiger partial charge >= 0.3 is 0 Å². The van der Waals surface area contributed by atoms with Crippen LogP contribution in [0.1, 0.15) is 5.56 Å². The van der Waals surface area contributed by atoms with E-state index in [1.54, 1.807) is 36.5 Å². The maximum atomic E-state index is 9.60. The van der Waals surface area contributed by atoms with Crippen molar-refractivity contribution >= 4 is 11.6 Å². The number of aromatic nitrogens is 1. The van der Waals surface area contributed by atoms with Gasteiger partial charge in [0.05, 0.1) is 0 Å². The van der Waals surface area contributed by atoms with Crippen LogP contribution in [0, 0.1) is 6.92 Å². The predicted octanol–water partition coefficient (Wildman–Crippen LogP) is 3.54. The number of phenolic OH excluding ortho intramolecular Hbond substituents is 1. The first-order chi connectivity index (χ1) is 7.66. The van der Waals surface area contributed by atoms with E-state index in [1.165, 1.54) is 0 Å². The van der Waals surface area contributed by atoms with E-state index >= 15 is 0 Å². The maximum absolute atomic E-state index is 9.60. The van der Waals surface area contributed by atoms with Crippen LogP contribution in [0.2, 0.25) is 5.15 Å². The highest BCUT2D eigenvalue weighted by molar-refractivity contribution is 6.30. The van der Waals surface area contributed by atoms with E-state index in [-0.39, 0.29) is 10.9 Å². The van der Waals surface area contributed by atoms with Gasteiger partial charge in [0.15, 0.2) is 22.4 Å². The second-order valence-electron chi connectivity index (χ2n) is 3.37. The molecule has 0 spiro atoms.